The van der Waals surface area contributed by atoms with Crippen molar-refractivity contribution >= 4 is 44.8 Å². The number of halogens is 2. The normalized spacial score (nSPS) is 12.0. The van der Waals surface area contributed by atoms with E-state index in [-0.39, 0.29) is 20.6 Å². The van der Waals surface area contributed by atoms with Gasteiger partial charge in [0.05, 0.1) is 5.02 Å². The molecular formula is C13H14Cl2N2O3S. The Labute approximate surface area is 133 Å². The average molecular weight is 349 g/mol. The summed E-state index contributed by atoms with van der Waals surface area (Å²) in [6.07, 6.45) is 1.41. The number of carbonyl (C=O) groups is 1. The maximum absolute atomic E-state index is 12.2. The summed E-state index contributed by atoms with van der Waals surface area (Å²) in [5, 5.41) is 0.165. The number of nitrogens with one attached hydrogen (secondary N) is 1. The number of sulfonamides is 1. The topological polar surface area (TPSA) is 75.6 Å². The van der Waals surface area contributed by atoms with Crippen molar-refractivity contribution in [3.05, 3.63) is 40.0 Å². The van der Waals surface area contributed by atoms with Gasteiger partial charge in [0.2, 0.25) is 0 Å². The van der Waals surface area contributed by atoms with Crippen LogP contribution >= 0.6 is 23.2 Å². The van der Waals surface area contributed by atoms with Crippen molar-refractivity contribution in [3.63, 3.8) is 0 Å². The van der Waals surface area contributed by atoms with Gasteiger partial charge in [-0.1, -0.05) is 29.3 Å². The standard InChI is InChI=1S/C13H14Cl2N2O3S/c1-4-11(16-8(2)3)13(18)17-21(19,20)12-7-9(14)5-6-10(12)15/h4-7H,1-3H3,(H,17,18)/b11-4-. The fourth-order valence-corrected chi connectivity index (χ4v) is 3.12. The second kappa shape index (κ2) is 7.06. The van der Waals surface area contributed by atoms with Crippen molar-refractivity contribution in [2.75, 3.05) is 0 Å². The average Bonchev–Trinajstić information content (AvgIpc) is 2.37. The van der Waals surface area contributed by atoms with Gasteiger partial charge < -0.3 is 0 Å². The number of benzene rings is 1. The van der Waals surface area contributed by atoms with Crippen LogP contribution in [0, 0.1) is 0 Å². The number of carbonyl (C=O) groups excluding carboxylic acids is 1. The van der Waals surface area contributed by atoms with E-state index in [1.807, 2.05) is 4.72 Å². The second-order valence-electron chi connectivity index (χ2n) is 4.24. The van der Waals surface area contributed by atoms with Crippen molar-refractivity contribution < 1.29 is 13.2 Å². The third kappa shape index (κ3) is 4.84. The molecule has 0 heterocycles. The van der Waals surface area contributed by atoms with Crippen LogP contribution in [0.15, 0.2) is 39.9 Å². The number of amides is 1. The van der Waals surface area contributed by atoms with Gasteiger partial charge in [0.15, 0.2) is 0 Å². The highest BCUT2D eigenvalue weighted by atomic mass is 35.5. The molecule has 5 nitrogen and oxygen atoms in total. The van der Waals surface area contributed by atoms with Gasteiger partial charge in [-0.3, -0.25) is 9.79 Å². The zero-order chi connectivity index (χ0) is 16.2. The molecule has 0 spiro atoms. The van der Waals surface area contributed by atoms with Crippen LogP contribution in [-0.2, 0) is 14.8 Å². The third-order valence-corrected chi connectivity index (χ3v) is 4.31. The molecule has 0 unspecified atom stereocenters. The Bertz CT molecular complexity index is 721. The van der Waals surface area contributed by atoms with Gasteiger partial charge in [-0.15, -0.1) is 0 Å². The second-order valence-corrected chi connectivity index (χ2v) is 6.74. The van der Waals surface area contributed by atoms with Crippen molar-refractivity contribution in [2.24, 2.45) is 4.99 Å². The summed E-state index contributed by atoms with van der Waals surface area (Å²) in [6, 6.07) is 3.96. The lowest BCUT2D eigenvalue weighted by Crippen LogP contribution is -2.31. The smallest absolute Gasteiger partial charge is 0.266 e. The van der Waals surface area contributed by atoms with Crippen LogP contribution in [0.1, 0.15) is 20.8 Å². The van der Waals surface area contributed by atoms with E-state index in [0.29, 0.717) is 5.71 Å². The Morgan fingerprint density at radius 2 is 1.90 bits per heavy atom. The van der Waals surface area contributed by atoms with Crippen LogP contribution in [0.2, 0.25) is 10.0 Å². The molecule has 1 amide bonds. The lowest BCUT2D eigenvalue weighted by Gasteiger charge is -2.09. The first-order chi connectivity index (χ1) is 9.67. The van der Waals surface area contributed by atoms with Gasteiger partial charge in [0.1, 0.15) is 10.6 Å². The molecule has 0 saturated heterocycles. The van der Waals surface area contributed by atoms with Gasteiger partial charge >= 0.3 is 0 Å². The molecule has 1 aromatic rings. The summed E-state index contributed by atoms with van der Waals surface area (Å²) in [5.74, 6) is -0.838. The lowest BCUT2D eigenvalue weighted by molar-refractivity contribution is -0.115. The lowest BCUT2D eigenvalue weighted by atomic mass is 10.4. The number of hydrogen-bond donors (Lipinski definition) is 1. The van der Waals surface area contributed by atoms with Crippen LogP contribution in [0.3, 0.4) is 0 Å². The minimum Gasteiger partial charge on any atom is -0.266 e. The summed E-state index contributed by atoms with van der Waals surface area (Å²) in [7, 11) is -4.13. The van der Waals surface area contributed by atoms with Gasteiger partial charge in [-0.25, -0.2) is 13.1 Å². The van der Waals surface area contributed by atoms with Gasteiger partial charge in [-0.05, 0) is 39.0 Å². The Morgan fingerprint density at radius 1 is 1.29 bits per heavy atom. The largest absolute Gasteiger partial charge is 0.283 e. The van der Waals surface area contributed by atoms with E-state index < -0.39 is 15.9 Å². The molecule has 0 aliphatic rings. The van der Waals surface area contributed by atoms with E-state index in [1.54, 1.807) is 20.8 Å². The first-order valence-corrected chi connectivity index (χ1v) is 8.11. The number of hydrogen-bond acceptors (Lipinski definition) is 4. The first kappa shape index (κ1) is 17.7. The highest BCUT2D eigenvalue weighted by Gasteiger charge is 2.22. The summed E-state index contributed by atoms with van der Waals surface area (Å²) in [4.78, 5) is 15.6. The SMILES string of the molecule is C/C=C(\N=C(C)C)C(=O)NS(=O)(=O)c1cc(Cl)ccc1Cl. The number of aliphatic imine (C=N–C) groups is 1. The molecule has 114 valence electrons. The fourth-order valence-electron chi connectivity index (χ4n) is 1.40. The predicted molar refractivity (Wildman–Crippen MR) is 84.3 cm³/mol. The molecule has 0 atom stereocenters. The molecule has 0 aliphatic carbocycles. The summed E-state index contributed by atoms with van der Waals surface area (Å²) < 4.78 is 26.3. The molecular weight excluding hydrogens is 335 g/mol. The number of rotatable bonds is 4. The summed E-state index contributed by atoms with van der Waals surface area (Å²) in [6.45, 7) is 4.97. The zero-order valence-electron chi connectivity index (χ0n) is 11.6. The molecule has 8 heteroatoms. The highest BCUT2D eigenvalue weighted by molar-refractivity contribution is 7.90. The quantitative estimate of drug-likeness (QED) is 0.670. The molecule has 1 N–H and O–H groups in total. The molecule has 0 radical (unpaired) electrons. The minimum absolute atomic E-state index is 0.00303. The minimum atomic E-state index is -4.13. The fraction of sp³-hybridized carbons (Fsp3) is 0.231. The van der Waals surface area contributed by atoms with Gasteiger partial charge in [0, 0.05) is 10.7 Å². The number of nitrogens with zero attached hydrogens (tertiary/aromatic N) is 1. The van der Waals surface area contributed by atoms with E-state index in [4.69, 9.17) is 23.2 Å². The molecule has 0 saturated carbocycles. The Kier molecular flexibility index (Phi) is 5.95. The summed E-state index contributed by atoms with van der Waals surface area (Å²) in [5.41, 5.74) is 0.619. The van der Waals surface area contributed by atoms with E-state index in [2.05, 4.69) is 4.99 Å². The molecule has 1 aromatic carbocycles. The predicted octanol–water partition coefficient (Wildman–Crippen LogP) is 3.18. The van der Waals surface area contributed by atoms with Crippen molar-refractivity contribution in [2.45, 2.75) is 25.7 Å². The Balaban J connectivity index is 3.14. The van der Waals surface area contributed by atoms with E-state index in [0.717, 1.165) is 0 Å². The van der Waals surface area contributed by atoms with Crippen LogP contribution < -0.4 is 4.72 Å². The Morgan fingerprint density at radius 3 is 2.43 bits per heavy atom. The van der Waals surface area contributed by atoms with E-state index in [9.17, 15) is 13.2 Å². The van der Waals surface area contributed by atoms with Crippen molar-refractivity contribution in [1.82, 2.24) is 4.72 Å². The summed E-state index contributed by atoms with van der Waals surface area (Å²) >= 11 is 11.6. The van der Waals surface area contributed by atoms with Gasteiger partial charge in [-0.2, -0.15) is 0 Å². The maximum atomic E-state index is 12.2. The monoisotopic (exact) mass is 348 g/mol. The Hall–Kier alpha value is -1.37. The molecule has 21 heavy (non-hydrogen) atoms. The highest BCUT2D eigenvalue weighted by Crippen LogP contribution is 2.24. The zero-order valence-corrected chi connectivity index (χ0v) is 14.0. The molecule has 0 bridgehead atoms. The van der Waals surface area contributed by atoms with Gasteiger partial charge in [0.25, 0.3) is 15.9 Å². The molecule has 0 aliphatic heterocycles. The van der Waals surface area contributed by atoms with Crippen molar-refractivity contribution in [3.8, 4) is 0 Å². The maximum Gasteiger partial charge on any atom is 0.283 e. The van der Waals surface area contributed by atoms with Crippen LogP contribution in [-0.4, -0.2) is 20.0 Å². The van der Waals surface area contributed by atoms with E-state index >= 15 is 0 Å². The molecule has 0 fully saturated rings. The van der Waals surface area contributed by atoms with Crippen molar-refractivity contribution in [1.29, 1.82) is 0 Å². The number of allylic oxidation sites excluding steroid dienone is 1. The first-order valence-electron chi connectivity index (χ1n) is 5.87. The van der Waals surface area contributed by atoms with Crippen LogP contribution in [0.5, 0.6) is 0 Å². The van der Waals surface area contributed by atoms with Crippen LogP contribution in [0.4, 0.5) is 0 Å². The molecule has 0 aromatic heterocycles. The van der Waals surface area contributed by atoms with E-state index in [1.165, 1.54) is 24.3 Å². The van der Waals surface area contributed by atoms with Crippen LogP contribution in [0.25, 0.3) is 0 Å². The third-order valence-electron chi connectivity index (χ3n) is 2.26. The molecule has 1 rings (SSSR count).